The van der Waals surface area contributed by atoms with Crippen molar-refractivity contribution in [2.45, 2.75) is 13.3 Å². The maximum atomic E-state index is 10.5. The molecule has 4 nitrogen and oxygen atoms in total. The van der Waals surface area contributed by atoms with E-state index in [-0.39, 0.29) is 6.42 Å². The number of carboxylic acid groups (broad SMARTS) is 1. The second-order valence-corrected chi connectivity index (χ2v) is 2.88. The van der Waals surface area contributed by atoms with Gasteiger partial charge in [-0.2, -0.15) is 0 Å². The maximum Gasteiger partial charge on any atom is 0.307 e. The summed E-state index contributed by atoms with van der Waals surface area (Å²) in [7, 11) is 0. The van der Waals surface area contributed by atoms with Crippen LogP contribution in [0.3, 0.4) is 0 Å². The van der Waals surface area contributed by atoms with Crippen LogP contribution in [0.2, 0.25) is 0 Å². The molecule has 0 atom stereocenters. The predicted molar refractivity (Wildman–Crippen MR) is 50.3 cm³/mol. The number of hydrogen-bond donors (Lipinski definition) is 3. The molecule has 0 bridgehead atoms. The number of hydrogen-bond acceptors (Lipinski definition) is 3. The number of aliphatic carboxylic acids is 1. The van der Waals surface area contributed by atoms with Crippen LogP contribution in [0.1, 0.15) is 11.1 Å². The molecule has 4 heteroatoms. The highest BCUT2D eigenvalue weighted by atomic mass is 16.4. The lowest BCUT2D eigenvalue weighted by atomic mass is 10.1. The van der Waals surface area contributed by atoms with Gasteiger partial charge >= 0.3 is 5.97 Å². The van der Waals surface area contributed by atoms with E-state index < -0.39 is 5.97 Å². The second-order valence-electron chi connectivity index (χ2n) is 2.88. The van der Waals surface area contributed by atoms with E-state index in [1.54, 1.807) is 6.07 Å². The summed E-state index contributed by atoms with van der Waals surface area (Å²) in [4.78, 5) is 10.5. The number of benzene rings is 1. The lowest BCUT2D eigenvalue weighted by Crippen LogP contribution is -2.11. The van der Waals surface area contributed by atoms with Crippen molar-refractivity contribution in [3.8, 4) is 0 Å². The molecule has 0 aliphatic carbocycles. The van der Waals surface area contributed by atoms with E-state index in [0.29, 0.717) is 11.3 Å². The Hall–Kier alpha value is -1.55. The number of carboxylic acids is 1. The van der Waals surface area contributed by atoms with Crippen molar-refractivity contribution in [1.82, 2.24) is 0 Å². The van der Waals surface area contributed by atoms with E-state index in [2.05, 4.69) is 5.43 Å². The van der Waals surface area contributed by atoms with Gasteiger partial charge in [-0.05, 0) is 18.6 Å². The molecule has 4 N–H and O–H groups in total. The van der Waals surface area contributed by atoms with Gasteiger partial charge in [-0.15, -0.1) is 0 Å². The predicted octanol–water partition coefficient (Wildman–Crippen LogP) is 0.908. The summed E-state index contributed by atoms with van der Waals surface area (Å²) in [6.45, 7) is 1.91. The number of hydrazine groups is 1. The molecular formula is C9H12N2O2. The van der Waals surface area contributed by atoms with Crippen LogP contribution in [0.15, 0.2) is 18.2 Å². The largest absolute Gasteiger partial charge is 0.481 e. The normalized spacial score (nSPS) is 9.69. The summed E-state index contributed by atoms with van der Waals surface area (Å²) in [6.07, 6.45) is -0.0127. The smallest absolute Gasteiger partial charge is 0.307 e. The second kappa shape index (κ2) is 3.91. The van der Waals surface area contributed by atoms with Crippen LogP contribution in [-0.4, -0.2) is 11.1 Å². The summed E-state index contributed by atoms with van der Waals surface area (Å²) in [5.41, 5.74) is 4.85. The topological polar surface area (TPSA) is 75.3 Å². The van der Waals surface area contributed by atoms with Crippen LogP contribution < -0.4 is 11.3 Å². The molecule has 0 saturated carbocycles. The molecule has 0 fully saturated rings. The number of anilines is 1. The SMILES string of the molecule is Cc1ccc(NN)c(CC(=O)O)c1. The van der Waals surface area contributed by atoms with E-state index >= 15 is 0 Å². The lowest BCUT2D eigenvalue weighted by molar-refractivity contribution is -0.136. The number of rotatable bonds is 3. The summed E-state index contributed by atoms with van der Waals surface area (Å²) >= 11 is 0. The van der Waals surface area contributed by atoms with Crippen LogP contribution in [0.4, 0.5) is 5.69 Å². The number of nitrogens with one attached hydrogen (secondary N) is 1. The van der Waals surface area contributed by atoms with Gasteiger partial charge in [0.25, 0.3) is 0 Å². The first-order chi connectivity index (χ1) is 6.13. The molecule has 1 aromatic carbocycles. The number of aryl methyl sites for hydroxylation is 1. The van der Waals surface area contributed by atoms with Crippen molar-refractivity contribution in [3.63, 3.8) is 0 Å². The molecule has 0 heterocycles. The van der Waals surface area contributed by atoms with Crippen LogP contribution in [-0.2, 0) is 11.2 Å². The zero-order valence-corrected chi connectivity index (χ0v) is 7.37. The quantitative estimate of drug-likeness (QED) is 0.477. The van der Waals surface area contributed by atoms with Crippen LogP contribution in [0.5, 0.6) is 0 Å². The molecule has 1 rings (SSSR count). The molecule has 0 aromatic heterocycles. The Kier molecular flexibility index (Phi) is 2.87. The minimum Gasteiger partial charge on any atom is -0.481 e. The third kappa shape index (κ3) is 2.45. The molecule has 0 aliphatic heterocycles. The van der Waals surface area contributed by atoms with Crippen molar-refractivity contribution in [2.24, 2.45) is 5.84 Å². The first-order valence-corrected chi connectivity index (χ1v) is 3.91. The van der Waals surface area contributed by atoms with Crippen LogP contribution in [0, 0.1) is 6.92 Å². The van der Waals surface area contributed by atoms with Gasteiger partial charge in [0.05, 0.1) is 12.1 Å². The molecule has 1 aromatic rings. The standard InChI is InChI=1S/C9H12N2O2/c1-6-2-3-8(11-10)7(4-6)5-9(12)13/h2-4,11H,5,10H2,1H3,(H,12,13). The molecule has 0 saturated heterocycles. The Balaban J connectivity index is 3.01. The first-order valence-electron chi connectivity index (χ1n) is 3.91. The molecule has 70 valence electrons. The Morgan fingerprint density at radius 1 is 1.62 bits per heavy atom. The highest BCUT2D eigenvalue weighted by Gasteiger charge is 2.05. The summed E-state index contributed by atoms with van der Waals surface area (Å²) in [6, 6.07) is 5.46. The van der Waals surface area contributed by atoms with Crippen LogP contribution in [0.25, 0.3) is 0 Å². The molecule has 0 radical (unpaired) electrons. The molecule has 0 spiro atoms. The van der Waals surface area contributed by atoms with E-state index in [1.165, 1.54) is 0 Å². The Morgan fingerprint density at radius 3 is 2.85 bits per heavy atom. The van der Waals surface area contributed by atoms with E-state index in [9.17, 15) is 4.79 Å². The van der Waals surface area contributed by atoms with Gasteiger partial charge in [-0.1, -0.05) is 17.7 Å². The average molecular weight is 180 g/mol. The minimum atomic E-state index is -0.859. The highest BCUT2D eigenvalue weighted by molar-refractivity contribution is 5.73. The first kappa shape index (κ1) is 9.54. The van der Waals surface area contributed by atoms with Gasteiger partial charge in [0, 0.05) is 0 Å². The van der Waals surface area contributed by atoms with Gasteiger partial charge in [0.15, 0.2) is 0 Å². The lowest BCUT2D eigenvalue weighted by Gasteiger charge is -2.07. The zero-order chi connectivity index (χ0) is 9.84. The number of carbonyl (C=O) groups is 1. The molecule has 0 unspecified atom stereocenters. The monoisotopic (exact) mass is 180 g/mol. The number of nitrogens with two attached hydrogens (primary N) is 1. The number of nitrogen functional groups attached to an aromatic ring is 1. The third-order valence-corrected chi connectivity index (χ3v) is 1.76. The summed E-state index contributed by atoms with van der Waals surface area (Å²) < 4.78 is 0. The van der Waals surface area contributed by atoms with E-state index in [4.69, 9.17) is 10.9 Å². The van der Waals surface area contributed by atoms with Gasteiger partial charge in [-0.3, -0.25) is 10.6 Å². The zero-order valence-electron chi connectivity index (χ0n) is 7.37. The Morgan fingerprint density at radius 2 is 2.31 bits per heavy atom. The Bertz CT molecular complexity index is 323. The molecule has 0 amide bonds. The van der Waals surface area contributed by atoms with Gasteiger partial charge in [-0.25, -0.2) is 0 Å². The summed E-state index contributed by atoms with van der Waals surface area (Å²) in [5, 5.41) is 8.61. The highest BCUT2D eigenvalue weighted by Crippen LogP contribution is 2.16. The van der Waals surface area contributed by atoms with Crippen molar-refractivity contribution in [3.05, 3.63) is 29.3 Å². The van der Waals surface area contributed by atoms with Gasteiger partial charge in [0.2, 0.25) is 0 Å². The van der Waals surface area contributed by atoms with Gasteiger partial charge < -0.3 is 10.5 Å². The van der Waals surface area contributed by atoms with Crippen molar-refractivity contribution in [2.75, 3.05) is 5.43 Å². The minimum absolute atomic E-state index is 0.0127. The fraction of sp³-hybridized carbons (Fsp3) is 0.222. The van der Waals surface area contributed by atoms with E-state index in [1.807, 2.05) is 19.1 Å². The van der Waals surface area contributed by atoms with Gasteiger partial charge in [0.1, 0.15) is 0 Å². The molecule has 13 heavy (non-hydrogen) atoms. The summed E-state index contributed by atoms with van der Waals surface area (Å²) in [5.74, 6) is 4.37. The third-order valence-electron chi connectivity index (χ3n) is 1.76. The maximum absolute atomic E-state index is 10.5. The molecule has 0 aliphatic rings. The fourth-order valence-electron chi connectivity index (χ4n) is 1.17. The van der Waals surface area contributed by atoms with Crippen LogP contribution >= 0.6 is 0 Å². The van der Waals surface area contributed by atoms with E-state index in [0.717, 1.165) is 5.56 Å². The van der Waals surface area contributed by atoms with Crippen molar-refractivity contribution < 1.29 is 9.90 Å². The Labute approximate surface area is 76.3 Å². The van der Waals surface area contributed by atoms with Crippen molar-refractivity contribution >= 4 is 11.7 Å². The van der Waals surface area contributed by atoms with Crippen molar-refractivity contribution in [1.29, 1.82) is 0 Å². The fourth-order valence-corrected chi connectivity index (χ4v) is 1.17. The molecular weight excluding hydrogens is 168 g/mol. The average Bonchev–Trinajstić information content (AvgIpc) is 2.03.